The number of aryl methyl sites for hydroxylation is 1. The van der Waals surface area contributed by atoms with E-state index in [2.05, 4.69) is 20.6 Å². The van der Waals surface area contributed by atoms with Gasteiger partial charge in [0.15, 0.2) is 0 Å². The van der Waals surface area contributed by atoms with Gasteiger partial charge < -0.3 is 15.4 Å². The van der Waals surface area contributed by atoms with Crippen LogP contribution in [0.15, 0.2) is 54.9 Å². The Morgan fingerprint density at radius 2 is 1.96 bits per heavy atom. The molecule has 7 heteroatoms. The van der Waals surface area contributed by atoms with Crippen LogP contribution < -0.4 is 15.4 Å². The lowest BCUT2D eigenvalue weighted by Gasteiger charge is -2.10. The maximum absolute atomic E-state index is 12.4. The van der Waals surface area contributed by atoms with Gasteiger partial charge in [0.2, 0.25) is 0 Å². The lowest BCUT2D eigenvalue weighted by Crippen LogP contribution is -2.15. The summed E-state index contributed by atoms with van der Waals surface area (Å²) in [5.41, 5.74) is 2.92. The van der Waals surface area contributed by atoms with E-state index in [4.69, 9.17) is 16.3 Å². The van der Waals surface area contributed by atoms with Gasteiger partial charge in [0.05, 0.1) is 19.5 Å². The summed E-state index contributed by atoms with van der Waals surface area (Å²) in [6, 6.07) is 13.2. The van der Waals surface area contributed by atoms with Crippen LogP contribution in [0.25, 0.3) is 0 Å². The molecule has 6 nitrogen and oxygen atoms in total. The summed E-state index contributed by atoms with van der Waals surface area (Å²) in [5, 5.41) is 6.64. The van der Waals surface area contributed by atoms with E-state index in [0.717, 1.165) is 23.3 Å². The van der Waals surface area contributed by atoms with Crippen LogP contribution in [0.2, 0.25) is 5.02 Å². The molecule has 0 saturated carbocycles. The summed E-state index contributed by atoms with van der Waals surface area (Å²) in [6.07, 6.45) is 3.78. The molecule has 0 aliphatic heterocycles. The Kier molecular flexibility index (Phi) is 6.45. The largest absolute Gasteiger partial charge is 0.496 e. The first-order valence-corrected chi connectivity index (χ1v) is 9.20. The number of nitrogens with zero attached hydrogens (tertiary/aromatic N) is 2. The molecule has 2 aromatic carbocycles. The van der Waals surface area contributed by atoms with Gasteiger partial charge in [-0.3, -0.25) is 4.79 Å². The van der Waals surface area contributed by atoms with E-state index in [-0.39, 0.29) is 11.6 Å². The van der Waals surface area contributed by atoms with Gasteiger partial charge >= 0.3 is 0 Å². The molecular weight excluding hydrogens is 376 g/mol. The number of carbonyl (C=O) groups is 1. The fourth-order valence-corrected chi connectivity index (χ4v) is 2.95. The van der Waals surface area contributed by atoms with Crippen LogP contribution in [-0.2, 0) is 6.42 Å². The lowest BCUT2D eigenvalue weighted by molar-refractivity contribution is 0.102. The fourth-order valence-electron chi connectivity index (χ4n) is 2.73. The number of amides is 1. The zero-order valence-corrected chi connectivity index (χ0v) is 16.5. The average molecular weight is 397 g/mol. The number of nitrogens with one attached hydrogen (secondary N) is 2. The van der Waals surface area contributed by atoms with Gasteiger partial charge in [-0.25, -0.2) is 9.97 Å². The third-order valence-electron chi connectivity index (χ3n) is 4.21. The number of rotatable bonds is 7. The van der Waals surface area contributed by atoms with E-state index in [9.17, 15) is 4.79 Å². The average Bonchev–Trinajstić information content (AvgIpc) is 2.71. The van der Waals surface area contributed by atoms with E-state index in [1.165, 1.54) is 6.20 Å². The highest BCUT2D eigenvalue weighted by Gasteiger charge is 2.10. The first-order valence-electron chi connectivity index (χ1n) is 8.82. The Hall–Kier alpha value is -3.12. The number of ether oxygens (including phenoxy) is 1. The van der Waals surface area contributed by atoms with Crippen LogP contribution >= 0.6 is 11.6 Å². The summed E-state index contributed by atoms with van der Waals surface area (Å²) < 4.78 is 5.35. The third kappa shape index (κ3) is 4.98. The molecule has 0 radical (unpaired) electrons. The molecule has 0 bridgehead atoms. The second kappa shape index (κ2) is 9.19. The van der Waals surface area contributed by atoms with Gasteiger partial charge in [0.25, 0.3) is 5.91 Å². The number of hydrogen-bond acceptors (Lipinski definition) is 5. The zero-order chi connectivity index (χ0) is 19.9. The van der Waals surface area contributed by atoms with E-state index < -0.39 is 0 Å². The summed E-state index contributed by atoms with van der Waals surface area (Å²) in [5.74, 6) is 1.15. The van der Waals surface area contributed by atoms with Crippen molar-refractivity contribution in [3.05, 3.63) is 76.7 Å². The van der Waals surface area contributed by atoms with E-state index >= 15 is 0 Å². The van der Waals surface area contributed by atoms with Crippen molar-refractivity contribution < 1.29 is 9.53 Å². The predicted molar refractivity (Wildman–Crippen MR) is 111 cm³/mol. The molecule has 28 heavy (non-hydrogen) atoms. The number of benzene rings is 2. The highest BCUT2D eigenvalue weighted by Crippen LogP contribution is 2.20. The first-order chi connectivity index (χ1) is 13.6. The molecule has 0 spiro atoms. The molecule has 0 aliphatic rings. The van der Waals surface area contributed by atoms with Crippen molar-refractivity contribution in [2.45, 2.75) is 13.3 Å². The van der Waals surface area contributed by atoms with Crippen molar-refractivity contribution >= 4 is 29.0 Å². The van der Waals surface area contributed by atoms with Gasteiger partial charge in [-0.1, -0.05) is 29.8 Å². The standard InChI is InChI=1S/C21H21ClN4O2/c1-14-11-16(22)7-8-17(14)26-21(27)18-12-25-20(13-24-18)23-10-9-15-5-3-4-6-19(15)28-2/h3-8,11-13H,9-10H2,1-2H3,(H,23,25)(H,26,27). The van der Waals surface area contributed by atoms with Gasteiger partial charge in [-0.2, -0.15) is 0 Å². The van der Waals surface area contributed by atoms with Crippen LogP contribution in [0.4, 0.5) is 11.5 Å². The van der Waals surface area contributed by atoms with Crippen LogP contribution in [0.1, 0.15) is 21.6 Å². The Labute approximate surface area is 168 Å². The number of aromatic nitrogens is 2. The molecule has 2 N–H and O–H groups in total. The Morgan fingerprint density at radius 1 is 1.14 bits per heavy atom. The van der Waals surface area contributed by atoms with Crippen molar-refractivity contribution in [1.29, 1.82) is 0 Å². The predicted octanol–water partition coefficient (Wildman–Crippen LogP) is 4.35. The highest BCUT2D eigenvalue weighted by molar-refractivity contribution is 6.30. The molecule has 0 aliphatic carbocycles. The number of halogens is 1. The van der Waals surface area contributed by atoms with Crippen LogP contribution in [-0.4, -0.2) is 29.5 Å². The normalized spacial score (nSPS) is 10.4. The molecule has 0 atom stereocenters. The van der Waals surface area contributed by atoms with Gasteiger partial charge in [-0.05, 0) is 48.7 Å². The summed E-state index contributed by atoms with van der Waals surface area (Å²) in [6.45, 7) is 2.55. The molecular formula is C21H21ClN4O2. The second-order valence-electron chi connectivity index (χ2n) is 6.19. The minimum absolute atomic E-state index is 0.240. The molecule has 1 aromatic heterocycles. The number of anilines is 2. The minimum Gasteiger partial charge on any atom is -0.496 e. The topological polar surface area (TPSA) is 76.1 Å². The Bertz CT molecular complexity index is 961. The summed E-state index contributed by atoms with van der Waals surface area (Å²) in [4.78, 5) is 20.8. The number of para-hydroxylation sites is 1. The van der Waals surface area contributed by atoms with Crippen molar-refractivity contribution in [2.24, 2.45) is 0 Å². The molecule has 1 amide bonds. The van der Waals surface area contributed by atoms with E-state index in [1.54, 1.807) is 31.5 Å². The van der Waals surface area contributed by atoms with Crippen LogP contribution in [0, 0.1) is 6.92 Å². The minimum atomic E-state index is -0.321. The molecule has 0 unspecified atom stereocenters. The van der Waals surface area contributed by atoms with Crippen molar-refractivity contribution in [1.82, 2.24) is 9.97 Å². The number of methoxy groups -OCH3 is 1. The van der Waals surface area contributed by atoms with Crippen LogP contribution in [0.5, 0.6) is 5.75 Å². The van der Waals surface area contributed by atoms with Gasteiger partial charge in [-0.15, -0.1) is 0 Å². The highest BCUT2D eigenvalue weighted by atomic mass is 35.5. The van der Waals surface area contributed by atoms with Crippen molar-refractivity contribution in [3.63, 3.8) is 0 Å². The van der Waals surface area contributed by atoms with Crippen LogP contribution in [0.3, 0.4) is 0 Å². The smallest absolute Gasteiger partial charge is 0.275 e. The monoisotopic (exact) mass is 396 g/mol. The number of hydrogen-bond donors (Lipinski definition) is 2. The summed E-state index contributed by atoms with van der Waals surface area (Å²) >= 11 is 5.94. The van der Waals surface area contributed by atoms with E-state index in [0.29, 0.717) is 23.1 Å². The molecule has 3 rings (SSSR count). The Balaban J connectivity index is 1.56. The molecule has 144 valence electrons. The SMILES string of the molecule is COc1ccccc1CCNc1cnc(C(=O)Nc2ccc(Cl)cc2C)cn1. The number of carbonyl (C=O) groups excluding carboxylic acids is 1. The maximum Gasteiger partial charge on any atom is 0.275 e. The second-order valence-corrected chi connectivity index (χ2v) is 6.63. The van der Waals surface area contributed by atoms with Crippen molar-refractivity contribution in [3.8, 4) is 5.75 Å². The third-order valence-corrected chi connectivity index (χ3v) is 4.45. The molecule has 0 fully saturated rings. The first kappa shape index (κ1) is 19.6. The van der Waals surface area contributed by atoms with Gasteiger partial charge in [0.1, 0.15) is 17.3 Å². The Morgan fingerprint density at radius 3 is 2.68 bits per heavy atom. The molecule has 0 saturated heterocycles. The maximum atomic E-state index is 12.4. The quantitative estimate of drug-likeness (QED) is 0.620. The zero-order valence-electron chi connectivity index (χ0n) is 15.7. The molecule has 1 heterocycles. The van der Waals surface area contributed by atoms with Crippen molar-refractivity contribution in [2.75, 3.05) is 24.3 Å². The fraction of sp³-hybridized carbons (Fsp3) is 0.190. The van der Waals surface area contributed by atoms with Gasteiger partial charge in [0, 0.05) is 17.3 Å². The summed E-state index contributed by atoms with van der Waals surface area (Å²) in [7, 11) is 1.66. The van der Waals surface area contributed by atoms with E-state index in [1.807, 2.05) is 31.2 Å². The molecule has 3 aromatic rings. The lowest BCUT2D eigenvalue weighted by atomic mass is 10.1.